The largest absolute Gasteiger partial charge is 0.469 e. The molecule has 0 aromatic carbocycles. The minimum atomic E-state index is -0.121. The van der Waals surface area contributed by atoms with Crippen LogP contribution < -0.4 is 10.6 Å². The molecular formula is C17H32IN5O2. The number of aliphatic imine (C=N–C) groups is 1. The number of esters is 1. The number of nitrogens with zero attached hydrogens (tertiary/aromatic N) is 3. The SMILES string of the molecule is CCNC(=NCCCn1cccn1)NCCCCCCC(=O)OC.I. The normalized spacial score (nSPS) is 10.9. The van der Waals surface area contributed by atoms with E-state index in [2.05, 4.69) is 32.4 Å². The van der Waals surface area contributed by atoms with Crippen LogP contribution in [0.5, 0.6) is 0 Å². The zero-order valence-corrected chi connectivity index (χ0v) is 17.7. The second-order valence-corrected chi connectivity index (χ2v) is 5.55. The molecule has 8 heteroatoms. The molecule has 0 saturated heterocycles. The molecule has 1 heterocycles. The Bertz CT molecular complexity index is 466. The second-order valence-electron chi connectivity index (χ2n) is 5.55. The van der Waals surface area contributed by atoms with E-state index < -0.39 is 0 Å². The molecule has 0 unspecified atom stereocenters. The van der Waals surface area contributed by atoms with Crippen LogP contribution in [0.3, 0.4) is 0 Å². The predicted molar refractivity (Wildman–Crippen MR) is 111 cm³/mol. The third-order valence-corrected chi connectivity index (χ3v) is 3.55. The molecule has 0 fully saturated rings. The number of rotatable bonds is 12. The van der Waals surface area contributed by atoms with Crippen molar-refractivity contribution in [2.75, 3.05) is 26.7 Å². The van der Waals surface area contributed by atoms with Crippen molar-refractivity contribution in [1.82, 2.24) is 20.4 Å². The van der Waals surface area contributed by atoms with Crippen molar-refractivity contribution in [1.29, 1.82) is 0 Å². The Morgan fingerprint density at radius 2 is 2.00 bits per heavy atom. The number of hydrogen-bond donors (Lipinski definition) is 2. The van der Waals surface area contributed by atoms with Gasteiger partial charge in [0.05, 0.1) is 7.11 Å². The first kappa shape index (κ1) is 23.7. The predicted octanol–water partition coefficient (Wildman–Crippen LogP) is 2.57. The first-order valence-corrected chi connectivity index (χ1v) is 8.82. The summed E-state index contributed by atoms with van der Waals surface area (Å²) in [6.45, 7) is 5.46. The Balaban J connectivity index is 0.00000576. The third kappa shape index (κ3) is 12.7. The molecule has 144 valence electrons. The van der Waals surface area contributed by atoms with Crippen molar-refractivity contribution in [3.05, 3.63) is 18.5 Å². The molecule has 1 aromatic heterocycles. The Morgan fingerprint density at radius 3 is 2.68 bits per heavy atom. The lowest BCUT2D eigenvalue weighted by Crippen LogP contribution is -2.37. The van der Waals surface area contributed by atoms with Gasteiger partial charge in [0, 0.05) is 45.0 Å². The van der Waals surface area contributed by atoms with E-state index in [1.165, 1.54) is 7.11 Å². The summed E-state index contributed by atoms with van der Waals surface area (Å²) in [5, 5.41) is 10.8. The smallest absolute Gasteiger partial charge is 0.305 e. The second kappa shape index (κ2) is 16.2. The van der Waals surface area contributed by atoms with Crippen LogP contribution in [0.1, 0.15) is 45.4 Å². The molecule has 0 radical (unpaired) electrons. The number of unbranched alkanes of at least 4 members (excludes halogenated alkanes) is 3. The summed E-state index contributed by atoms with van der Waals surface area (Å²) < 4.78 is 6.55. The summed E-state index contributed by atoms with van der Waals surface area (Å²) >= 11 is 0. The Kier molecular flexibility index (Phi) is 15.3. The van der Waals surface area contributed by atoms with E-state index in [9.17, 15) is 4.79 Å². The molecule has 1 aromatic rings. The van der Waals surface area contributed by atoms with E-state index >= 15 is 0 Å². The maximum absolute atomic E-state index is 11.0. The van der Waals surface area contributed by atoms with Gasteiger partial charge in [0.1, 0.15) is 0 Å². The molecule has 0 atom stereocenters. The number of halogens is 1. The van der Waals surface area contributed by atoms with Crippen molar-refractivity contribution in [2.45, 2.75) is 52.0 Å². The van der Waals surface area contributed by atoms with Crippen molar-refractivity contribution in [2.24, 2.45) is 4.99 Å². The number of aromatic nitrogens is 2. The molecule has 1 rings (SSSR count). The number of aryl methyl sites for hydroxylation is 1. The number of hydrogen-bond acceptors (Lipinski definition) is 4. The minimum absolute atomic E-state index is 0. The number of carbonyl (C=O) groups is 1. The number of methoxy groups -OCH3 is 1. The lowest BCUT2D eigenvalue weighted by Gasteiger charge is -2.11. The van der Waals surface area contributed by atoms with Gasteiger partial charge in [-0.2, -0.15) is 5.10 Å². The summed E-state index contributed by atoms with van der Waals surface area (Å²) in [5.41, 5.74) is 0. The van der Waals surface area contributed by atoms with Crippen LogP contribution in [0.4, 0.5) is 0 Å². The van der Waals surface area contributed by atoms with Crippen LogP contribution in [0.15, 0.2) is 23.5 Å². The standard InChI is InChI=1S/C17H31N5O2.HI/c1-3-18-17(20-12-8-14-22-15-9-13-21-22)19-11-7-5-4-6-10-16(23)24-2;/h9,13,15H,3-8,10-12,14H2,1-2H3,(H2,18,19,20);1H. The van der Waals surface area contributed by atoms with Gasteiger partial charge < -0.3 is 15.4 Å². The molecule has 2 N–H and O–H groups in total. The van der Waals surface area contributed by atoms with Gasteiger partial charge in [0.15, 0.2) is 5.96 Å². The molecule has 7 nitrogen and oxygen atoms in total. The summed E-state index contributed by atoms with van der Waals surface area (Å²) in [6.07, 6.45) is 9.35. The Morgan fingerprint density at radius 1 is 1.20 bits per heavy atom. The fourth-order valence-corrected chi connectivity index (χ4v) is 2.25. The van der Waals surface area contributed by atoms with Crippen LogP contribution in [-0.4, -0.2) is 48.5 Å². The summed E-state index contributed by atoms with van der Waals surface area (Å²) in [5.74, 6) is 0.748. The Hall–Kier alpha value is -1.32. The molecule has 0 saturated carbocycles. The zero-order valence-electron chi connectivity index (χ0n) is 15.4. The van der Waals surface area contributed by atoms with Gasteiger partial charge >= 0.3 is 5.97 Å². The van der Waals surface area contributed by atoms with E-state index in [0.29, 0.717) is 6.42 Å². The van der Waals surface area contributed by atoms with Crippen LogP contribution in [-0.2, 0) is 16.1 Å². The monoisotopic (exact) mass is 465 g/mol. The van der Waals surface area contributed by atoms with Crippen LogP contribution in [0.2, 0.25) is 0 Å². The summed E-state index contributed by atoms with van der Waals surface area (Å²) in [7, 11) is 1.43. The molecule has 0 aliphatic rings. The highest BCUT2D eigenvalue weighted by Gasteiger charge is 2.00. The van der Waals surface area contributed by atoms with Gasteiger partial charge in [-0.05, 0) is 32.3 Å². The number of guanidine groups is 1. The van der Waals surface area contributed by atoms with Crippen molar-refractivity contribution < 1.29 is 9.53 Å². The summed E-state index contributed by atoms with van der Waals surface area (Å²) in [4.78, 5) is 15.6. The van der Waals surface area contributed by atoms with Crippen molar-refractivity contribution in [3.8, 4) is 0 Å². The van der Waals surface area contributed by atoms with Crippen LogP contribution in [0, 0.1) is 0 Å². The van der Waals surface area contributed by atoms with Gasteiger partial charge in [-0.1, -0.05) is 12.8 Å². The highest BCUT2D eigenvalue weighted by atomic mass is 127. The van der Waals surface area contributed by atoms with E-state index in [1.54, 1.807) is 6.20 Å². The van der Waals surface area contributed by atoms with Gasteiger partial charge in [0.25, 0.3) is 0 Å². The van der Waals surface area contributed by atoms with Gasteiger partial charge in [-0.25, -0.2) is 0 Å². The van der Waals surface area contributed by atoms with E-state index in [1.807, 2.05) is 16.9 Å². The van der Waals surface area contributed by atoms with Crippen LogP contribution >= 0.6 is 24.0 Å². The van der Waals surface area contributed by atoms with Crippen molar-refractivity contribution in [3.63, 3.8) is 0 Å². The maximum Gasteiger partial charge on any atom is 0.305 e. The fourth-order valence-electron chi connectivity index (χ4n) is 2.25. The van der Waals surface area contributed by atoms with E-state index in [-0.39, 0.29) is 29.9 Å². The molecule has 0 bridgehead atoms. The van der Waals surface area contributed by atoms with E-state index in [0.717, 1.165) is 64.2 Å². The van der Waals surface area contributed by atoms with Gasteiger partial charge in [-0.3, -0.25) is 14.5 Å². The number of ether oxygens (including phenoxy) is 1. The molecule has 0 amide bonds. The lowest BCUT2D eigenvalue weighted by atomic mass is 10.1. The molecule has 0 spiro atoms. The zero-order chi connectivity index (χ0) is 17.5. The highest BCUT2D eigenvalue weighted by molar-refractivity contribution is 14.0. The quantitative estimate of drug-likeness (QED) is 0.163. The van der Waals surface area contributed by atoms with Gasteiger partial charge in [0.2, 0.25) is 0 Å². The molecule has 25 heavy (non-hydrogen) atoms. The Labute approximate surface area is 168 Å². The fraction of sp³-hybridized carbons (Fsp3) is 0.706. The first-order chi connectivity index (χ1) is 11.8. The average Bonchev–Trinajstić information content (AvgIpc) is 3.10. The molecule has 0 aliphatic heterocycles. The van der Waals surface area contributed by atoms with Gasteiger partial charge in [-0.15, -0.1) is 24.0 Å². The third-order valence-electron chi connectivity index (χ3n) is 3.55. The van der Waals surface area contributed by atoms with E-state index in [4.69, 9.17) is 0 Å². The number of nitrogens with one attached hydrogen (secondary N) is 2. The number of carbonyl (C=O) groups excluding carboxylic acids is 1. The lowest BCUT2D eigenvalue weighted by molar-refractivity contribution is -0.140. The highest BCUT2D eigenvalue weighted by Crippen LogP contribution is 2.03. The van der Waals surface area contributed by atoms with Crippen molar-refractivity contribution >= 4 is 35.9 Å². The average molecular weight is 465 g/mol. The van der Waals surface area contributed by atoms with Crippen LogP contribution in [0.25, 0.3) is 0 Å². The summed E-state index contributed by atoms with van der Waals surface area (Å²) in [6, 6.07) is 1.93. The molecular weight excluding hydrogens is 433 g/mol. The maximum atomic E-state index is 11.0. The molecule has 0 aliphatic carbocycles. The topological polar surface area (TPSA) is 80.5 Å². The minimum Gasteiger partial charge on any atom is -0.469 e. The first-order valence-electron chi connectivity index (χ1n) is 8.82.